The Morgan fingerprint density at radius 2 is 1.58 bits per heavy atom. The first-order valence-corrected chi connectivity index (χ1v) is 11.6. The lowest BCUT2D eigenvalue weighted by Crippen LogP contribution is -2.31. The van der Waals surface area contributed by atoms with Crippen LogP contribution >= 0.6 is 0 Å². The van der Waals surface area contributed by atoms with Crippen LogP contribution < -0.4 is 4.74 Å². The standard InChI is InChI=1S/C29H24N2O5/c32-28-26(17-22-11-14-25(15-12-22)34-19-23-9-5-2-6-10-23)36-29(33)31(28)18-24-20-35-27(30-24)16-13-21-7-3-1-4-8-21/h1-16,20,26H,17-19H2/b16-13+. The molecular weight excluding hydrogens is 456 g/mol. The number of benzene rings is 3. The molecule has 1 aliphatic heterocycles. The summed E-state index contributed by atoms with van der Waals surface area (Å²) >= 11 is 0. The second-order valence-electron chi connectivity index (χ2n) is 8.34. The van der Waals surface area contributed by atoms with Crippen LogP contribution in [0.5, 0.6) is 5.75 Å². The van der Waals surface area contributed by atoms with Crippen LogP contribution in [0.1, 0.15) is 28.3 Å². The van der Waals surface area contributed by atoms with Gasteiger partial charge in [0.15, 0.2) is 6.10 Å². The molecule has 1 atom stereocenters. The van der Waals surface area contributed by atoms with Crippen LogP contribution in [0.15, 0.2) is 95.6 Å². The molecule has 0 saturated carbocycles. The summed E-state index contributed by atoms with van der Waals surface area (Å²) in [5.41, 5.74) is 3.42. The molecule has 36 heavy (non-hydrogen) atoms. The monoisotopic (exact) mass is 480 g/mol. The third kappa shape index (κ3) is 5.70. The summed E-state index contributed by atoms with van der Waals surface area (Å²) in [6.07, 6.45) is 3.77. The summed E-state index contributed by atoms with van der Waals surface area (Å²) in [6.45, 7) is 0.461. The molecule has 4 aromatic rings. The molecular formula is C29H24N2O5. The molecule has 1 saturated heterocycles. The smallest absolute Gasteiger partial charge is 0.417 e. The molecule has 2 heterocycles. The molecule has 1 aromatic heterocycles. The van der Waals surface area contributed by atoms with Crippen molar-refractivity contribution >= 4 is 24.2 Å². The van der Waals surface area contributed by atoms with Crippen molar-refractivity contribution in [2.45, 2.75) is 25.7 Å². The molecule has 0 radical (unpaired) electrons. The number of hydrogen-bond acceptors (Lipinski definition) is 6. The molecule has 0 spiro atoms. The number of aromatic nitrogens is 1. The van der Waals surface area contributed by atoms with Gasteiger partial charge in [-0.25, -0.2) is 14.7 Å². The largest absolute Gasteiger partial charge is 0.489 e. The van der Waals surface area contributed by atoms with E-state index in [0.29, 0.717) is 18.2 Å². The minimum atomic E-state index is -0.877. The Bertz CT molecular complexity index is 1350. The van der Waals surface area contributed by atoms with E-state index in [2.05, 4.69) is 4.98 Å². The van der Waals surface area contributed by atoms with Gasteiger partial charge in [0.1, 0.15) is 18.6 Å². The van der Waals surface area contributed by atoms with Crippen molar-refractivity contribution in [3.05, 3.63) is 119 Å². The van der Waals surface area contributed by atoms with Crippen molar-refractivity contribution in [1.29, 1.82) is 0 Å². The predicted molar refractivity (Wildman–Crippen MR) is 134 cm³/mol. The minimum Gasteiger partial charge on any atom is -0.489 e. The molecule has 7 nitrogen and oxygen atoms in total. The molecule has 0 N–H and O–H groups in total. The number of amides is 2. The SMILES string of the molecule is O=C1OC(Cc2ccc(OCc3ccccc3)cc2)C(=O)N1Cc1coc(/C=C/c2ccccc2)n1. The number of imide groups is 1. The zero-order chi connectivity index (χ0) is 24.7. The van der Waals surface area contributed by atoms with Gasteiger partial charge < -0.3 is 13.9 Å². The molecule has 1 fully saturated rings. The van der Waals surface area contributed by atoms with Crippen LogP contribution in [0.2, 0.25) is 0 Å². The van der Waals surface area contributed by atoms with Crippen LogP contribution in [0.25, 0.3) is 12.2 Å². The van der Waals surface area contributed by atoms with Gasteiger partial charge in [-0.1, -0.05) is 72.8 Å². The first-order valence-electron chi connectivity index (χ1n) is 11.6. The van der Waals surface area contributed by atoms with Crippen LogP contribution in [0.3, 0.4) is 0 Å². The average Bonchev–Trinajstić information content (AvgIpc) is 3.48. The third-order valence-corrected chi connectivity index (χ3v) is 5.71. The van der Waals surface area contributed by atoms with Gasteiger partial charge in [-0.3, -0.25) is 4.79 Å². The van der Waals surface area contributed by atoms with E-state index in [0.717, 1.165) is 27.3 Å². The molecule has 3 aromatic carbocycles. The summed E-state index contributed by atoms with van der Waals surface area (Å²) in [4.78, 5) is 30.6. The lowest BCUT2D eigenvalue weighted by atomic mass is 10.1. The van der Waals surface area contributed by atoms with E-state index in [1.807, 2.05) is 91.0 Å². The quantitative estimate of drug-likeness (QED) is 0.314. The third-order valence-electron chi connectivity index (χ3n) is 5.71. The summed E-state index contributed by atoms with van der Waals surface area (Å²) < 4.78 is 16.6. The predicted octanol–water partition coefficient (Wildman–Crippen LogP) is 5.51. The first-order chi connectivity index (χ1) is 17.6. The number of carbonyl (C=O) groups is 2. The maximum atomic E-state index is 12.9. The number of ether oxygens (including phenoxy) is 2. The second-order valence-corrected chi connectivity index (χ2v) is 8.34. The van der Waals surface area contributed by atoms with E-state index in [-0.39, 0.29) is 13.0 Å². The van der Waals surface area contributed by atoms with Gasteiger partial charge in [-0.05, 0) is 34.9 Å². The van der Waals surface area contributed by atoms with Gasteiger partial charge in [0.05, 0.1) is 12.2 Å². The maximum absolute atomic E-state index is 12.9. The fourth-order valence-corrected chi connectivity index (χ4v) is 3.81. The number of nitrogens with zero attached hydrogens (tertiary/aromatic N) is 2. The van der Waals surface area contributed by atoms with Crippen molar-refractivity contribution in [2.24, 2.45) is 0 Å². The highest BCUT2D eigenvalue weighted by atomic mass is 16.6. The molecule has 1 unspecified atom stereocenters. The maximum Gasteiger partial charge on any atom is 0.417 e. The van der Waals surface area contributed by atoms with Crippen molar-refractivity contribution in [2.75, 3.05) is 0 Å². The van der Waals surface area contributed by atoms with Gasteiger partial charge in [-0.15, -0.1) is 0 Å². The molecule has 7 heteroatoms. The van der Waals surface area contributed by atoms with Crippen LogP contribution in [0, 0.1) is 0 Å². The van der Waals surface area contributed by atoms with Crippen LogP contribution in [0.4, 0.5) is 4.79 Å². The molecule has 0 aliphatic carbocycles. The topological polar surface area (TPSA) is 81.9 Å². The Balaban J connectivity index is 1.15. The van der Waals surface area contributed by atoms with E-state index < -0.39 is 18.1 Å². The Kier molecular flexibility index (Phi) is 6.89. The second kappa shape index (κ2) is 10.7. The van der Waals surface area contributed by atoms with E-state index in [9.17, 15) is 9.59 Å². The Labute approximate surface area is 208 Å². The zero-order valence-corrected chi connectivity index (χ0v) is 19.4. The van der Waals surface area contributed by atoms with Gasteiger partial charge in [0.2, 0.25) is 5.89 Å². The number of oxazole rings is 1. The average molecular weight is 481 g/mol. The fraction of sp³-hybridized carbons (Fsp3) is 0.138. The lowest BCUT2D eigenvalue weighted by Gasteiger charge is -2.10. The number of cyclic esters (lactones) is 1. The Morgan fingerprint density at radius 1 is 0.861 bits per heavy atom. The highest BCUT2D eigenvalue weighted by Crippen LogP contribution is 2.22. The molecule has 0 bridgehead atoms. The van der Waals surface area contributed by atoms with Crippen molar-refractivity contribution in [3.8, 4) is 5.75 Å². The molecule has 1 aliphatic rings. The summed E-state index contributed by atoms with van der Waals surface area (Å²) in [5.74, 6) is 0.718. The van der Waals surface area contributed by atoms with E-state index in [1.54, 1.807) is 6.08 Å². The number of rotatable bonds is 9. The summed E-state index contributed by atoms with van der Waals surface area (Å²) in [5, 5.41) is 0. The van der Waals surface area contributed by atoms with Crippen molar-refractivity contribution in [1.82, 2.24) is 9.88 Å². The van der Waals surface area contributed by atoms with Crippen LogP contribution in [-0.2, 0) is 29.1 Å². The highest BCUT2D eigenvalue weighted by molar-refractivity contribution is 6.00. The van der Waals surface area contributed by atoms with Crippen molar-refractivity contribution in [3.63, 3.8) is 0 Å². The first kappa shape index (κ1) is 23.1. The Hall–Kier alpha value is -4.65. The minimum absolute atomic E-state index is 0.0108. The zero-order valence-electron chi connectivity index (χ0n) is 19.4. The molecule has 180 valence electrons. The van der Waals surface area contributed by atoms with Gasteiger partial charge in [0, 0.05) is 12.5 Å². The normalized spacial score (nSPS) is 15.4. The fourth-order valence-electron chi connectivity index (χ4n) is 3.81. The van der Waals surface area contributed by atoms with E-state index in [1.165, 1.54) is 6.26 Å². The van der Waals surface area contributed by atoms with E-state index >= 15 is 0 Å². The molecule has 2 amide bonds. The Morgan fingerprint density at radius 3 is 2.33 bits per heavy atom. The van der Waals surface area contributed by atoms with Gasteiger partial charge in [-0.2, -0.15) is 0 Å². The molecule has 5 rings (SSSR count). The highest BCUT2D eigenvalue weighted by Gasteiger charge is 2.40. The number of hydrogen-bond donors (Lipinski definition) is 0. The van der Waals surface area contributed by atoms with Crippen molar-refractivity contribution < 1.29 is 23.5 Å². The lowest BCUT2D eigenvalue weighted by molar-refractivity contribution is -0.130. The van der Waals surface area contributed by atoms with Crippen LogP contribution in [-0.4, -0.2) is 28.0 Å². The van der Waals surface area contributed by atoms with E-state index in [4.69, 9.17) is 13.9 Å². The van der Waals surface area contributed by atoms with Gasteiger partial charge >= 0.3 is 6.09 Å². The number of carbonyl (C=O) groups excluding carboxylic acids is 2. The summed E-state index contributed by atoms with van der Waals surface area (Å²) in [7, 11) is 0. The summed E-state index contributed by atoms with van der Waals surface area (Å²) in [6, 6.07) is 27.1. The van der Waals surface area contributed by atoms with Gasteiger partial charge in [0.25, 0.3) is 5.91 Å².